The Morgan fingerprint density at radius 2 is 1.79 bits per heavy atom. The van der Waals surface area contributed by atoms with E-state index in [-0.39, 0.29) is 34.9 Å². The van der Waals surface area contributed by atoms with Gasteiger partial charge in [0, 0.05) is 14.1 Å². The maximum Gasteiger partial charge on any atom is 0.338 e. The molecule has 1 unspecified atom stereocenters. The van der Waals surface area contributed by atoms with Crippen LogP contribution in [-0.2, 0) is 23.6 Å². The van der Waals surface area contributed by atoms with Gasteiger partial charge in [0.1, 0.15) is 11.6 Å². The second kappa shape index (κ2) is 7.30. The Bertz CT molecular complexity index is 1160. The zero-order valence-electron chi connectivity index (χ0n) is 16.1. The van der Waals surface area contributed by atoms with Crippen molar-refractivity contribution in [2.75, 3.05) is 11.9 Å². The van der Waals surface area contributed by atoms with Crippen LogP contribution in [0.4, 0.5) is 5.82 Å². The van der Waals surface area contributed by atoms with Crippen LogP contribution in [0.25, 0.3) is 0 Å². The minimum absolute atomic E-state index is 0.0122. The molecule has 0 fully saturated rings. The van der Waals surface area contributed by atoms with Crippen LogP contribution in [0.15, 0.2) is 45.2 Å². The van der Waals surface area contributed by atoms with Gasteiger partial charge in [0.25, 0.3) is 5.56 Å². The van der Waals surface area contributed by atoms with E-state index < -0.39 is 29.1 Å². The van der Waals surface area contributed by atoms with Gasteiger partial charge in [0.2, 0.25) is 0 Å². The molecule has 3 rings (SSSR count). The zero-order valence-corrected chi connectivity index (χ0v) is 16.1. The van der Waals surface area contributed by atoms with Gasteiger partial charge in [-0.05, 0) is 24.6 Å². The molecule has 2 aromatic rings. The molecule has 0 bridgehead atoms. The number of carboxylic acid groups (broad SMARTS) is 1. The lowest BCUT2D eigenvalue weighted by Crippen LogP contribution is -2.44. The number of aromatic carboxylic acids is 1. The lowest BCUT2D eigenvalue weighted by atomic mass is 9.83. The number of carbonyl (C=O) groups excluding carboxylic acids is 1. The average molecular weight is 400 g/mol. The highest BCUT2D eigenvalue weighted by Gasteiger charge is 2.38. The number of nitrogens with zero attached hydrogens (tertiary/aromatic N) is 2. The molecule has 0 spiro atoms. The maximum absolute atomic E-state index is 13.0. The molecule has 0 aliphatic carbocycles. The molecule has 1 aromatic heterocycles. The third-order valence-corrected chi connectivity index (χ3v) is 4.81. The molecule has 29 heavy (non-hydrogen) atoms. The molecule has 0 saturated carbocycles. The van der Waals surface area contributed by atoms with Crippen LogP contribution >= 0.6 is 0 Å². The number of esters is 1. The molecule has 1 aliphatic heterocycles. The summed E-state index contributed by atoms with van der Waals surface area (Å²) in [4.78, 5) is 49.1. The van der Waals surface area contributed by atoms with Crippen LogP contribution in [0.3, 0.4) is 0 Å². The molecule has 10 heteroatoms. The monoisotopic (exact) mass is 400 g/mol. The van der Waals surface area contributed by atoms with Crippen LogP contribution in [0.1, 0.15) is 34.3 Å². The molecule has 1 aliphatic rings. The van der Waals surface area contributed by atoms with Gasteiger partial charge in [-0.1, -0.05) is 12.1 Å². The fraction of sp³-hybridized carbons (Fsp3) is 0.263. The predicted molar refractivity (Wildman–Crippen MR) is 104 cm³/mol. The van der Waals surface area contributed by atoms with Crippen LogP contribution in [0.5, 0.6) is 0 Å². The molecule has 0 amide bonds. The van der Waals surface area contributed by atoms with E-state index in [4.69, 9.17) is 15.6 Å². The predicted octanol–water partition coefficient (Wildman–Crippen LogP) is 0.0730. The zero-order chi connectivity index (χ0) is 21.5. The standard InChI is InChI=1S/C19H20N4O6/c1-4-29-18(27)12-11(9-5-7-10(8-6-9)17(25)26)13-15(21-14(12)20)22(2)19(28)23(3)16(13)24/h5-8,11,21H,4,20H2,1-3H3,(H,25,26). The third-order valence-electron chi connectivity index (χ3n) is 4.81. The molecule has 1 aromatic carbocycles. The average Bonchev–Trinajstić information content (AvgIpc) is 2.69. The lowest BCUT2D eigenvalue weighted by Gasteiger charge is -2.30. The van der Waals surface area contributed by atoms with Crippen molar-refractivity contribution < 1.29 is 19.4 Å². The summed E-state index contributed by atoms with van der Waals surface area (Å²) >= 11 is 0. The van der Waals surface area contributed by atoms with Crippen LogP contribution in [0.2, 0.25) is 0 Å². The third kappa shape index (κ3) is 3.18. The number of nitrogens with two attached hydrogens (primary N) is 1. The van der Waals surface area contributed by atoms with Gasteiger partial charge in [-0.3, -0.25) is 13.9 Å². The molecule has 152 valence electrons. The summed E-state index contributed by atoms with van der Waals surface area (Å²) in [5, 5.41) is 11.9. The number of anilines is 1. The molecular formula is C19H20N4O6. The second-order valence-electron chi connectivity index (χ2n) is 6.50. The molecule has 0 saturated heterocycles. The summed E-state index contributed by atoms with van der Waals surface area (Å²) in [5.41, 5.74) is 5.58. The van der Waals surface area contributed by atoms with Crippen molar-refractivity contribution in [2.45, 2.75) is 12.8 Å². The van der Waals surface area contributed by atoms with Gasteiger partial charge in [-0.25, -0.2) is 14.4 Å². The minimum Gasteiger partial charge on any atom is -0.478 e. The summed E-state index contributed by atoms with van der Waals surface area (Å²) < 4.78 is 7.28. The topological polar surface area (TPSA) is 146 Å². The summed E-state index contributed by atoms with van der Waals surface area (Å²) in [6.45, 7) is 1.73. The van der Waals surface area contributed by atoms with Gasteiger partial charge >= 0.3 is 17.6 Å². The Labute approximate surface area is 164 Å². The van der Waals surface area contributed by atoms with E-state index in [0.717, 1.165) is 4.57 Å². The van der Waals surface area contributed by atoms with Crippen LogP contribution in [-0.4, -0.2) is 32.8 Å². The quantitative estimate of drug-likeness (QED) is 0.612. The van der Waals surface area contributed by atoms with E-state index in [1.807, 2.05) is 0 Å². The number of nitrogens with one attached hydrogen (secondary N) is 1. The fourth-order valence-electron chi connectivity index (χ4n) is 3.36. The van der Waals surface area contributed by atoms with Crippen molar-refractivity contribution in [3.63, 3.8) is 0 Å². The number of rotatable bonds is 4. The van der Waals surface area contributed by atoms with Gasteiger partial charge in [-0.2, -0.15) is 0 Å². The molecule has 2 heterocycles. The van der Waals surface area contributed by atoms with E-state index in [1.165, 1.54) is 42.9 Å². The van der Waals surface area contributed by atoms with E-state index in [0.29, 0.717) is 5.56 Å². The van der Waals surface area contributed by atoms with Crippen molar-refractivity contribution in [1.82, 2.24) is 9.13 Å². The first-order valence-corrected chi connectivity index (χ1v) is 8.75. The highest BCUT2D eigenvalue weighted by molar-refractivity contribution is 5.94. The first-order chi connectivity index (χ1) is 13.7. The number of carbonyl (C=O) groups is 2. The summed E-state index contributed by atoms with van der Waals surface area (Å²) in [6.07, 6.45) is 0. The van der Waals surface area contributed by atoms with Gasteiger partial charge in [0.15, 0.2) is 0 Å². The van der Waals surface area contributed by atoms with Gasteiger partial charge in [0.05, 0.1) is 29.2 Å². The second-order valence-corrected chi connectivity index (χ2v) is 6.50. The largest absolute Gasteiger partial charge is 0.478 e. The molecule has 10 nitrogen and oxygen atoms in total. The van der Waals surface area contributed by atoms with E-state index in [1.54, 1.807) is 6.92 Å². The number of ether oxygens (including phenoxy) is 1. The van der Waals surface area contributed by atoms with Crippen molar-refractivity contribution in [1.29, 1.82) is 0 Å². The number of fused-ring (bicyclic) bond motifs is 1. The first kappa shape index (κ1) is 19.9. The minimum atomic E-state index is -1.11. The normalized spacial score (nSPS) is 15.5. The highest BCUT2D eigenvalue weighted by Crippen LogP contribution is 2.38. The summed E-state index contributed by atoms with van der Waals surface area (Å²) in [6, 6.07) is 5.73. The van der Waals surface area contributed by atoms with Crippen LogP contribution < -0.4 is 22.3 Å². The highest BCUT2D eigenvalue weighted by atomic mass is 16.5. The molecule has 4 N–H and O–H groups in total. The SMILES string of the molecule is CCOC(=O)C1=C(N)Nc2c(c(=O)n(C)c(=O)n2C)C1c1ccc(C(=O)O)cc1. The Morgan fingerprint density at radius 3 is 2.34 bits per heavy atom. The van der Waals surface area contributed by atoms with Crippen LogP contribution in [0, 0.1) is 0 Å². The Balaban J connectivity index is 2.34. The summed E-state index contributed by atoms with van der Waals surface area (Å²) in [7, 11) is 2.81. The number of aromatic nitrogens is 2. The van der Waals surface area contributed by atoms with E-state index in [2.05, 4.69) is 5.32 Å². The van der Waals surface area contributed by atoms with Gasteiger partial charge in [-0.15, -0.1) is 0 Å². The van der Waals surface area contributed by atoms with E-state index >= 15 is 0 Å². The van der Waals surface area contributed by atoms with Gasteiger partial charge < -0.3 is 20.9 Å². The smallest absolute Gasteiger partial charge is 0.338 e. The van der Waals surface area contributed by atoms with E-state index in [9.17, 15) is 19.2 Å². The Morgan fingerprint density at radius 1 is 1.17 bits per heavy atom. The maximum atomic E-state index is 13.0. The Hall–Kier alpha value is -3.82. The van der Waals surface area contributed by atoms with Crippen molar-refractivity contribution in [2.24, 2.45) is 19.8 Å². The number of hydrogen-bond donors (Lipinski definition) is 3. The molecule has 1 atom stereocenters. The molecule has 0 radical (unpaired) electrons. The number of benzene rings is 1. The van der Waals surface area contributed by atoms with Crippen molar-refractivity contribution in [3.8, 4) is 0 Å². The Kier molecular flexibility index (Phi) is 5.02. The van der Waals surface area contributed by atoms with Crippen molar-refractivity contribution in [3.05, 3.63) is 73.2 Å². The number of hydrogen-bond acceptors (Lipinski definition) is 7. The lowest BCUT2D eigenvalue weighted by molar-refractivity contribution is -0.138. The summed E-state index contributed by atoms with van der Waals surface area (Å²) in [5.74, 6) is -2.66. The van der Waals surface area contributed by atoms with Crippen molar-refractivity contribution >= 4 is 17.8 Å². The molecular weight excluding hydrogens is 380 g/mol. The number of carboxylic acids is 1. The first-order valence-electron chi connectivity index (χ1n) is 8.75. The fourth-order valence-corrected chi connectivity index (χ4v) is 3.36.